The highest BCUT2D eigenvalue weighted by Gasteiger charge is 2.28. The molecule has 0 saturated heterocycles. The molecule has 0 spiro atoms. The standard InChI is InChI=1S/C17H23N3O2S2/c1-4-20-15(18)14-11-7-6-10(3)8-12(11)24-16(14)19-17(20)23-9-13(21)22-5-2/h10,18H,4-9H2,1-3H3/p+1/t10-/m0/s1. The highest BCUT2D eigenvalue weighted by Crippen LogP contribution is 2.39. The van der Waals surface area contributed by atoms with Crippen LogP contribution in [0.25, 0.3) is 10.2 Å². The van der Waals surface area contributed by atoms with Crippen molar-refractivity contribution >= 4 is 45.1 Å². The number of hydrogen-bond donors (Lipinski definition) is 1. The van der Waals surface area contributed by atoms with Crippen molar-refractivity contribution in [2.45, 2.75) is 51.7 Å². The molecule has 130 valence electrons. The summed E-state index contributed by atoms with van der Waals surface area (Å²) in [6, 6.07) is 0. The van der Waals surface area contributed by atoms with Gasteiger partial charge < -0.3 is 10.5 Å². The molecular weight excluding hydrogens is 342 g/mol. The zero-order valence-corrected chi connectivity index (χ0v) is 16.1. The first-order valence-electron chi connectivity index (χ1n) is 8.47. The molecule has 0 saturated carbocycles. The Kier molecular flexibility index (Phi) is 5.30. The maximum absolute atomic E-state index is 11.7. The Labute approximate surface area is 150 Å². The fraction of sp³-hybridized carbons (Fsp3) is 0.588. The highest BCUT2D eigenvalue weighted by atomic mass is 32.2. The molecule has 0 amide bonds. The monoisotopic (exact) mass is 366 g/mol. The topological polar surface area (TPSA) is 69.1 Å². The van der Waals surface area contributed by atoms with Crippen molar-refractivity contribution in [1.29, 1.82) is 0 Å². The minimum Gasteiger partial charge on any atom is -0.465 e. The predicted molar refractivity (Wildman–Crippen MR) is 98.4 cm³/mol. The number of rotatable bonds is 5. The van der Waals surface area contributed by atoms with Crippen LogP contribution in [0.15, 0.2) is 5.16 Å². The molecule has 0 radical (unpaired) electrons. The summed E-state index contributed by atoms with van der Waals surface area (Å²) in [6.45, 7) is 7.31. The Bertz CT molecular complexity index is 773. The second-order valence-corrected chi connectivity index (χ2v) is 8.18. The summed E-state index contributed by atoms with van der Waals surface area (Å²) < 4.78 is 7.02. The third-order valence-corrected chi connectivity index (χ3v) is 6.51. The first-order chi connectivity index (χ1) is 11.5. The molecule has 24 heavy (non-hydrogen) atoms. The van der Waals surface area contributed by atoms with Crippen molar-refractivity contribution in [3.63, 3.8) is 0 Å². The Morgan fingerprint density at radius 3 is 3.00 bits per heavy atom. The molecule has 1 atom stereocenters. The van der Waals surface area contributed by atoms with Crippen LogP contribution in [0.5, 0.6) is 0 Å². The summed E-state index contributed by atoms with van der Waals surface area (Å²) in [5.74, 6) is 1.54. The molecule has 1 aliphatic rings. The smallest absolute Gasteiger partial charge is 0.316 e. The number of nitrogen functional groups attached to an aromatic ring is 1. The zero-order valence-electron chi connectivity index (χ0n) is 14.4. The molecule has 2 aromatic heterocycles. The fourth-order valence-electron chi connectivity index (χ4n) is 3.21. The Morgan fingerprint density at radius 1 is 1.50 bits per heavy atom. The summed E-state index contributed by atoms with van der Waals surface area (Å²) in [5, 5.41) is 1.92. The molecule has 0 bridgehead atoms. The van der Waals surface area contributed by atoms with E-state index in [1.807, 2.05) is 11.5 Å². The van der Waals surface area contributed by atoms with Gasteiger partial charge >= 0.3 is 11.1 Å². The summed E-state index contributed by atoms with van der Waals surface area (Å²) >= 11 is 3.16. The number of nitrogens with zero attached hydrogens (tertiary/aromatic N) is 2. The number of aromatic nitrogens is 2. The Morgan fingerprint density at radius 2 is 2.29 bits per heavy atom. The van der Waals surface area contributed by atoms with Crippen molar-refractivity contribution in [2.24, 2.45) is 5.92 Å². The van der Waals surface area contributed by atoms with Crippen LogP contribution in [0.3, 0.4) is 0 Å². The number of esters is 1. The number of carbonyl (C=O) groups excluding carboxylic acids is 1. The molecular formula is C17H24N3O2S2+. The van der Waals surface area contributed by atoms with Gasteiger partial charge in [0.25, 0.3) is 0 Å². The first kappa shape index (κ1) is 17.5. The van der Waals surface area contributed by atoms with E-state index < -0.39 is 0 Å². The van der Waals surface area contributed by atoms with E-state index in [0.717, 1.165) is 46.5 Å². The van der Waals surface area contributed by atoms with Gasteiger partial charge in [-0.1, -0.05) is 11.9 Å². The van der Waals surface area contributed by atoms with Crippen molar-refractivity contribution in [3.8, 4) is 0 Å². The summed E-state index contributed by atoms with van der Waals surface area (Å²) in [6.07, 6.45) is 3.42. The largest absolute Gasteiger partial charge is 0.465 e. The van der Waals surface area contributed by atoms with Gasteiger partial charge in [-0.3, -0.25) is 4.79 Å². The number of carbonyl (C=O) groups is 1. The SMILES string of the molecule is CCOC(=O)CSc1nc2sc3c(c2c(N)[n+]1CC)CC[C@H](C)C3. The van der Waals surface area contributed by atoms with Crippen molar-refractivity contribution in [1.82, 2.24) is 4.98 Å². The minimum atomic E-state index is -0.218. The van der Waals surface area contributed by atoms with Gasteiger partial charge in [0.05, 0.1) is 13.2 Å². The number of aryl methyl sites for hydroxylation is 1. The van der Waals surface area contributed by atoms with Crippen molar-refractivity contribution in [3.05, 3.63) is 10.4 Å². The van der Waals surface area contributed by atoms with Crippen LogP contribution in [0, 0.1) is 5.92 Å². The number of anilines is 1. The molecule has 0 aliphatic heterocycles. The highest BCUT2D eigenvalue weighted by molar-refractivity contribution is 7.99. The van der Waals surface area contributed by atoms with Crippen LogP contribution in [-0.2, 0) is 28.9 Å². The van der Waals surface area contributed by atoms with E-state index >= 15 is 0 Å². The van der Waals surface area contributed by atoms with Gasteiger partial charge in [-0.15, -0.1) is 11.3 Å². The number of fused-ring (bicyclic) bond motifs is 3. The van der Waals surface area contributed by atoms with Crippen LogP contribution in [0.2, 0.25) is 0 Å². The van der Waals surface area contributed by atoms with Crippen LogP contribution >= 0.6 is 23.1 Å². The van der Waals surface area contributed by atoms with E-state index in [1.54, 1.807) is 11.3 Å². The first-order valence-corrected chi connectivity index (χ1v) is 10.3. The molecule has 3 rings (SSSR count). The Hall–Kier alpha value is -1.34. The minimum absolute atomic E-state index is 0.218. The lowest BCUT2D eigenvalue weighted by Gasteiger charge is -2.17. The zero-order chi connectivity index (χ0) is 17.3. The number of thioether (sulfide) groups is 1. The molecule has 7 heteroatoms. The number of hydrogen-bond acceptors (Lipinski definition) is 6. The van der Waals surface area contributed by atoms with E-state index in [-0.39, 0.29) is 11.7 Å². The van der Waals surface area contributed by atoms with Gasteiger partial charge in [0.15, 0.2) is 0 Å². The lowest BCUT2D eigenvalue weighted by Crippen LogP contribution is -2.40. The van der Waals surface area contributed by atoms with Crippen LogP contribution in [0.4, 0.5) is 5.82 Å². The average Bonchev–Trinajstić information content (AvgIpc) is 2.90. The van der Waals surface area contributed by atoms with Gasteiger partial charge in [0, 0.05) is 4.88 Å². The van der Waals surface area contributed by atoms with Crippen LogP contribution < -0.4 is 10.3 Å². The molecule has 5 nitrogen and oxygen atoms in total. The molecule has 2 heterocycles. The number of ether oxygens (including phenoxy) is 1. The maximum atomic E-state index is 11.7. The van der Waals surface area contributed by atoms with E-state index in [0.29, 0.717) is 6.61 Å². The lowest BCUT2D eigenvalue weighted by molar-refractivity contribution is -0.718. The Balaban J connectivity index is 2.00. The molecule has 0 fully saturated rings. The third-order valence-electron chi connectivity index (χ3n) is 4.41. The summed E-state index contributed by atoms with van der Waals surface area (Å²) in [5.41, 5.74) is 7.89. The third kappa shape index (κ3) is 3.24. The summed E-state index contributed by atoms with van der Waals surface area (Å²) in [7, 11) is 0. The molecule has 0 aromatic carbocycles. The molecule has 2 aromatic rings. The second-order valence-electron chi connectivity index (χ2n) is 6.15. The maximum Gasteiger partial charge on any atom is 0.316 e. The van der Waals surface area contributed by atoms with E-state index in [4.69, 9.17) is 15.5 Å². The van der Waals surface area contributed by atoms with E-state index in [1.165, 1.54) is 28.6 Å². The second kappa shape index (κ2) is 7.27. The summed E-state index contributed by atoms with van der Waals surface area (Å²) in [4.78, 5) is 18.9. The van der Waals surface area contributed by atoms with Gasteiger partial charge in [-0.25, -0.2) is 4.57 Å². The van der Waals surface area contributed by atoms with Crippen LogP contribution in [-0.4, -0.2) is 23.3 Å². The lowest BCUT2D eigenvalue weighted by atomic mass is 9.89. The van der Waals surface area contributed by atoms with Crippen molar-refractivity contribution in [2.75, 3.05) is 18.1 Å². The molecule has 0 unspecified atom stereocenters. The number of nitrogens with two attached hydrogens (primary N) is 1. The molecule has 2 N–H and O–H groups in total. The average molecular weight is 367 g/mol. The predicted octanol–water partition coefficient (Wildman–Crippen LogP) is 2.97. The van der Waals surface area contributed by atoms with Gasteiger partial charge in [0.2, 0.25) is 10.6 Å². The van der Waals surface area contributed by atoms with Crippen LogP contribution in [0.1, 0.15) is 37.6 Å². The quantitative estimate of drug-likeness (QED) is 0.381. The molecule has 1 aliphatic carbocycles. The normalized spacial score (nSPS) is 17.0. The van der Waals surface area contributed by atoms with E-state index in [2.05, 4.69) is 13.8 Å². The van der Waals surface area contributed by atoms with Gasteiger partial charge in [0.1, 0.15) is 11.1 Å². The fourth-order valence-corrected chi connectivity index (χ4v) is 5.52. The van der Waals surface area contributed by atoms with Gasteiger partial charge in [-0.05, 0) is 56.4 Å². The van der Waals surface area contributed by atoms with Gasteiger partial charge in [-0.2, -0.15) is 0 Å². The van der Waals surface area contributed by atoms with Crippen molar-refractivity contribution < 1.29 is 14.1 Å². The van der Waals surface area contributed by atoms with E-state index in [9.17, 15) is 4.79 Å². The number of thiophene rings is 1.